The van der Waals surface area contributed by atoms with Gasteiger partial charge in [0, 0.05) is 50.2 Å². The minimum atomic E-state index is -0.111. The molecule has 0 unspecified atom stereocenters. The molecule has 1 fully saturated rings. The smallest absolute Gasteiger partial charge is 0.257 e. The lowest BCUT2D eigenvalue weighted by molar-refractivity contribution is 0.0788. The molecule has 3 aromatic heterocycles. The molecule has 0 radical (unpaired) electrons. The minimum absolute atomic E-state index is 0.0170. The fourth-order valence-corrected chi connectivity index (χ4v) is 3.96. The van der Waals surface area contributed by atoms with Gasteiger partial charge in [-0.15, -0.1) is 0 Å². The molecule has 1 amide bonds. The molecule has 4 aromatic rings. The summed E-state index contributed by atoms with van der Waals surface area (Å²) in [5.41, 5.74) is 2.51. The third-order valence-corrected chi connectivity index (χ3v) is 5.46. The number of rotatable bonds is 4. The van der Waals surface area contributed by atoms with E-state index in [1.54, 1.807) is 30.3 Å². The quantitative estimate of drug-likeness (QED) is 0.523. The molecule has 1 saturated heterocycles. The van der Waals surface area contributed by atoms with Crippen LogP contribution in [-0.4, -0.2) is 48.8 Å². The van der Waals surface area contributed by atoms with Crippen LogP contribution in [-0.2, 0) is 7.05 Å². The van der Waals surface area contributed by atoms with Crippen LogP contribution in [0.25, 0.3) is 11.4 Å². The lowest BCUT2D eigenvalue weighted by atomic mass is 9.90. The van der Waals surface area contributed by atoms with E-state index in [1.807, 2.05) is 53.6 Å². The zero-order valence-electron chi connectivity index (χ0n) is 16.4. The Hall–Kier alpha value is -3.81. The molecular weight excluding hydrogens is 380 g/mol. The monoisotopic (exact) mass is 400 g/mol. The molecule has 8 nitrogen and oxygen atoms in total. The van der Waals surface area contributed by atoms with E-state index < -0.39 is 0 Å². The molecule has 0 bridgehead atoms. The number of pyridine rings is 1. The van der Waals surface area contributed by atoms with E-state index in [9.17, 15) is 4.79 Å². The SMILES string of the molecule is Cn1cc(C(=O)N2C[C@@H](c3cccnc3)[C@H](c3nc(-c4ccccc4)no3)C2)cn1. The van der Waals surface area contributed by atoms with Crippen molar-refractivity contribution in [3.05, 3.63) is 84.3 Å². The maximum absolute atomic E-state index is 13.0. The summed E-state index contributed by atoms with van der Waals surface area (Å²) >= 11 is 0. The fourth-order valence-electron chi connectivity index (χ4n) is 3.96. The highest BCUT2D eigenvalue weighted by Crippen LogP contribution is 2.39. The van der Waals surface area contributed by atoms with Crippen molar-refractivity contribution in [1.29, 1.82) is 0 Å². The van der Waals surface area contributed by atoms with Crippen LogP contribution in [0.3, 0.4) is 0 Å². The Balaban J connectivity index is 1.47. The molecular formula is C22H20N6O2. The molecule has 1 aliphatic heterocycles. The molecule has 1 aromatic carbocycles. The van der Waals surface area contributed by atoms with Crippen molar-refractivity contribution >= 4 is 5.91 Å². The molecule has 5 rings (SSSR count). The highest BCUT2D eigenvalue weighted by Gasteiger charge is 2.41. The van der Waals surface area contributed by atoms with Gasteiger partial charge in [0.2, 0.25) is 11.7 Å². The number of hydrogen-bond acceptors (Lipinski definition) is 6. The van der Waals surface area contributed by atoms with Crippen LogP contribution in [0.1, 0.15) is 33.6 Å². The summed E-state index contributed by atoms with van der Waals surface area (Å²) in [6.07, 6.45) is 6.90. The summed E-state index contributed by atoms with van der Waals surface area (Å²) < 4.78 is 7.29. The van der Waals surface area contributed by atoms with Gasteiger partial charge in [0.25, 0.3) is 5.91 Å². The first-order valence-electron chi connectivity index (χ1n) is 9.76. The van der Waals surface area contributed by atoms with E-state index >= 15 is 0 Å². The number of likely N-dealkylation sites (tertiary alicyclic amines) is 1. The Labute approximate surface area is 173 Å². The van der Waals surface area contributed by atoms with Crippen LogP contribution in [0.4, 0.5) is 0 Å². The Morgan fingerprint density at radius 1 is 1.07 bits per heavy atom. The van der Waals surface area contributed by atoms with Gasteiger partial charge in [-0.05, 0) is 11.6 Å². The standard InChI is InChI=1S/C22H20N6O2/c1-27-12-17(11-24-27)22(29)28-13-18(16-8-5-9-23-10-16)19(14-28)21-25-20(26-30-21)15-6-3-2-4-7-15/h2-12,18-19H,13-14H2,1H3/t18-,19+/m0/s1. The van der Waals surface area contributed by atoms with Gasteiger partial charge in [-0.2, -0.15) is 10.1 Å². The van der Waals surface area contributed by atoms with E-state index in [4.69, 9.17) is 4.52 Å². The van der Waals surface area contributed by atoms with Gasteiger partial charge in [-0.1, -0.05) is 41.6 Å². The number of aromatic nitrogens is 5. The molecule has 30 heavy (non-hydrogen) atoms. The predicted molar refractivity (Wildman–Crippen MR) is 109 cm³/mol. The van der Waals surface area contributed by atoms with Crippen LogP contribution in [0, 0.1) is 0 Å². The lowest BCUT2D eigenvalue weighted by Gasteiger charge is -2.15. The van der Waals surface area contributed by atoms with Crippen LogP contribution in [0.15, 0.2) is 71.8 Å². The second-order valence-electron chi connectivity index (χ2n) is 7.43. The first-order valence-corrected chi connectivity index (χ1v) is 9.76. The molecule has 0 saturated carbocycles. The molecule has 8 heteroatoms. The van der Waals surface area contributed by atoms with Gasteiger partial charge in [0.15, 0.2) is 0 Å². The fraction of sp³-hybridized carbons (Fsp3) is 0.227. The van der Waals surface area contributed by atoms with E-state index in [2.05, 4.69) is 20.2 Å². The van der Waals surface area contributed by atoms with Crippen molar-refractivity contribution in [3.63, 3.8) is 0 Å². The summed E-state index contributed by atoms with van der Waals surface area (Å²) in [6.45, 7) is 1.04. The lowest BCUT2D eigenvalue weighted by Crippen LogP contribution is -2.28. The molecule has 0 N–H and O–H groups in total. The highest BCUT2D eigenvalue weighted by atomic mass is 16.5. The van der Waals surface area contributed by atoms with E-state index in [0.29, 0.717) is 30.4 Å². The maximum atomic E-state index is 13.0. The number of carbonyl (C=O) groups excluding carboxylic acids is 1. The highest BCUT2D eigenvalue weighted by molar-refractivity contribution is 5.94. The molecule has 0 spiro atoms. The van der Waals surface area contributed by atoms with Gasteiger partial charge in [0.1, 0.15) is 0 Å². The van der Waals surface area contributed by atoms with Gasteiger partial charge in [-0.3, -0.25) is 14.5 Å². The van der Waals surface area contributed by atoms with Crippen LogP contribution < -0.4 is 0 Å². The first-order chi connectivity index (χ1) is 14.7. The van der Waals surface area contributed by atoms with Crippen molar-refractivity contribution in [3.8, 4) is 11.4 Å². The van der Waals surface area contributed by atoms with Crippen molar-refractivity contribution in [2.45, 2.75) is 11.8 Å². The number of amides is 1. The van der Waals surface area contributed by atoms with Crippen molar-refractivity contribution in [2.75, 3.05) is 13.1 Å². The second kappa shape index (κ2) is 7.55. The van der Waals surface area contributed by atoms with E-state index in [-0.39, 0.29) is 17.7 Å². The summed E-state index contributed by atoms with van der Waals surface area (Å²) in [4.78, 5) is 23.8. The normalized spacial score (nSPS) is 18.6. The van der Waals surface area contributed by atoms with E-state index in [0.717, 1.165) is 11.1 Å². The Bertz CT molecular complexity index is 1150. The largest absolute Gasteiger partial charge is 0.339 e. The summed E-state index contributed by atoms with van der Waals surface area (Å²) in [5.74, 6) is 0.933. The molecule has 2 atom stereocenters. The van der Waals surface area contributed by atoms with Crippen molar-refractivity contribution in [1.82, 2.24) is 29.8 Å². The zero-order chi connectivity index (χ0) is 20.5. The molecule has 1 aliphatic rings. The van der Waals surface area contributed by atoms with Gasteiger partial charge < -0.3 is 9.42 Å². The van der Waals surface area contributed by atoms with Gasteiger partial charge in [0.05, 0.1) is 17.7 Å². The number of carbonyl (C=O) groups is 1. The van der Waals surface area contributed by atoms with Crippen LogP contribution in [0.5, 0.6) is 0 Å². The molecule has 150 valence electrons. The maximum Gasteiger partial charge on any atom is 0.257 e. The summed E-state index contributed by atoms with van der Waals surface area (Å²) in [7, 11) is 1.80. The molecule has 0 aliphatic carbocycles. The summed E-state index contributed by atoms with van der Waals surface area (Å²) in [6, 6.07) is 13.6. The summed E-state index contributed by atoms with van der Waals surface area (Å²) in [5, 5.41) is 8.29. The average molecular weight is 400 g/mol. The van der Waals surface area contributed by atoms with Crippen LogP contribution >= 0.6 is 0 Å². The third kappa shape index (κ3) is 3.36. The number of benzene rings is 1. The zero-order valence-corrected chi connectivity index (χ0v) is 16.4. The topological polar surface area (TPSA) is 89.9 Å². The average Bonchev–Trinajstić information content (AvgIpc) is 3.53. The number of nitrogens with zero attached hydrogens (tertiary/aromatic N) is 6. The van der Waals surface area contributed by atoms with Gasteiger partial charge in [-0.25, -0.2) is 0 Å². The number of aryl methyl sites for hydroxylation is 1. The van der Waals surface area contributed by atoms with Crippen LogP contribution in [0.2, 0.25) is 0 Å². The second-order valence-corrected chi connectivity index (χ2v) is 7.43. The Morgan fingerprint density at radius 2 is 1.90 bits per heavy atom. The molecule has 4 heterocycles. The minimum Gasteiger partial charge on any atom is -0.339 e. The third-order valence-electron chi connectivity index (χ3n) is 5.46. The van der Waals surface area contributed by atoms with E-state index in [1.165, 1.54) is 0 Å². The van der Waals surface area contributed by atoms with Gasteiger partial charge >= 0.3 is 0 Å². The van der Waals surface area contributed by atoms with Crippen molar-refractivity contribution < 1.29 is 9.32 Å². The Morgan fingerprint density at radius 3 is 2.63 bits per heavy atom. The Kier molecular flexibility index (Phi) is 4.59. The number of hydrogen-bond donors (Lipinski definition) is 0. The van der Waals surface area contributed by atoms with Crippen molar-refractivity contribution in [2.24, 2.45) is 7.05 Å². The first kappa shape index (κ1) is 18.2. The predicted octanol–water partition coefficient (Wildman–Crippen LogP) is 2.89.